The van der Waals surface area contributed by atoms with E-state index in [4.69, 9.17) is 0 Å². The Hall–Kier alpha value is -1.99. The summed E-state index contributed by atoms with van der Waals surface area (Å²) in [5, 5.41) is 0. The van der Waals surface area contributed by atoms with Gasteiger partial charge in [0, 0.05) is 31.9 Å². The number of hydrogen-bond acceptors (Lipinski definition) is 3. The van der Waals surface area contributed by atoms with Gasteiger partial charge in [-0.15, -0.1) is 0 Å². The molecule has 1 fully saturated rings. The monoisotopic (exact) mass is 366 g/mol. The number of halogens is 2. The Morgan fingerprint density at radius 3 is 2.32 bits per heavy atom. The number of nitrogens with zero attached hydrogens (tertiary/aromatic N) is 2. The molecule has 1 atom stereocenters. The number of likely N-dealkylation sites (N-methyl/N-ethyl adjacent to an activating group) is 1. The number of anilines is 1. The van der Waals surface area contributed by atoms with E-state index in [0.717, 1.165) is 41.2 Å². The molecule has 0 bridgehead atoms. The Labute approximate surface area is 146 Å². The molecule has 1 heterocycles. The Bertz CT molecular complexity index is 823. The summed E-state index contributed by atoms with van der Waals surface area (Å²) in [6, 6.07) is 12.4. The number of hydrogen-bond donors (Lipinski definition) is 0. The smallest absolute Gasteiger partial charge is 0.248 e. The fourth-order valence-electron chi connectivity index (χ4n) is 3.19. The van der Waals surface area contributed by atoms with Gasteiger partial charge in [0.1, 0.15) is 11.6 Å². The van der Waals surface area contributed by atoms with Crippen LogP contribution in [0, 0.1) is 11.6 Å². The molecule has 0 N–H and O–H groups in total. The molecule has 0 aliphatic carbocycles. The van der Waals surface area contributed by atoms with E-state index in [1.54, 1.807) is 0 Å². The van der Waals surface area contributed by atoms with E-state index in [2.05, 4.69) is 4.90 Å². The molecule has 0 amide bonds. The van der Waals surface area contributed by atoms with Crippen molar-refractivity contribution in [2.24, 2.45) is 0 Å². The number of rotatable bonds is 4. The van der Waals surface area contributed by atoms with Gasteiger partial charge in [0.05, 0.1) is 0 Å². The molecular weight excluding hydrogens is 346 g/mol. The molecule has 3 rings (SSSR count). The maximum atomic E-state index is 14.0. The Morgan fingerprint density at radius 2 is 1.68 bits per heavy atom. The van der Waals surface area contributed by atoms with Crippen molar-refractivity contribution < 1.29 is 17.2 Å². The zero-order chi connectivity index (χ0) is 18.0. The lowest BCUT2D eigenvalue weighted by atomic mass is 10.1. The first kappa shape index (κ1) is 17.8. The van der Waals surface area contributed by atoms with Crippen LogP contribution in [0.1, 0.15) is 12.8 Å². The molecule has 1 unspecified atom stereocenters. The quantitative estimate of drug-likeness (QED) is 0.834. The molecule has 2 aromatic rings. The van der Waals surface area contributed by atoms with Crippen LogP contribution < -0.4 is 4.90 Å². The lowest BCUT2D eigenvalue weighted by molar-refractivity contribution is 0.317. The maximum absolute atomic E-state index is 14.0. The summed E-state index contributed by atoms with van der Waals surface area (Å²) in [5.41, 5.74) is 1.01. The highest BCUT2D eigenvalue weighted by Crippen LogP contribution is 2.27. The van der Waals surface area contributed by atoms with Crippen molar-refractivity contribution >= 4 is 15.7 Å². The lowest BCUT2D eigenvalue weighted by Gasteiger charge is -2.38. The van der Waals surface area contributed by atoms with E-state index in [9.17, 15) is 17.2 Å². The standard InChI is InChI=1S/C18H20F2N2O2S/c1-21(25(23,24)18-16(19)10-5-11-17(18)20)15-9-6-12-22(13-15)14-7-3-2-4-8-14/h2-5,7-8,10-11,15H,6,9,12-13H2,1H3. The zero-order valence-corrected chi connectivity index (χ0v) is 14.7. The average Bonchev–Trinajstić information content (AvgIpc) is 2.61. The van der Waals surface area contributed by atoms with E-state index >= 15 is 0 Å². The largest absolute Gasteiger partial charge is 0.370 e. The predicted octanol–water partition coefficient (Wildman–Crippen LogP) is 3.25. The van der Waals surface area contributed by atoms with Gasteiger partial charge in [0.2, 0.25) is 10.0 Å². The van der Waals surface area contributed by atoms with Crippen molar-refractivity contribution in [1.29, 1.82) is 0 Å². The van der Waals surface area contributed by atoms with E-state index < -0.39 is 26.6 Å². The molecule has 0 saturated carbocycles. The summed E-state index contributed by atoms with van der Waals surface area (Å²) in [6.07, 6.45) is 1.45. The molecule has 1 aliphatic rings. The van der Waals surface area contributed by atoms with Gasteiger partial charge in [-0.25, -0.2) is 17.2 Å². The highest BCUT2D eigenvalue weighted by atomic mass is 32.2. The van der Waals surface area contributed by atoms with Gasteiger partial charge in [-0.1, -0.05) is 24.3 Å². The van der Waals surface area contributed by atoms with Crippen LogP contribution >= 0.6 is 0 Å². The number of piperidine rings is 1. The van der Waals surface area contributed by atoms with E-state index in [-0.39, 0.29) is 6.04 Å². The summed E-state index contributed by atoms with van der Waals surface area (Å²) in [7, 11) is -2.86. The molecule has 7 heteroatoms. The van der Waals surface area contributed by atoms with Crippen LogP contribution in [0.2, 0.25) is 0 Å². The second kappa shape index (κ2) is 7.09. The van der Waals surface area contributed by atoms with E-state index in [1.165, 1.54) is 7.05 Å². The van der Waals surface area contributed by atoms with Crippen molar-refractivity contribution in [3.05, 3.63) is 60.2 Å². The summed E-state index contributed by atoms with van der Waals surface area (Å²) in [5.74, 6) is -2.13. The molecule has 0 radical (unpaired) electrons. The summed E-state index contributed by atoms with van der Waals surface area (Å²) in [6.45, 7) is 1.30. The zero-order valence-electron chi connectivity index (χ0n) is 13.9. The first-order valence-electron chi connectivity index (χ1n) is 8.13. The number of para-hydroxylation sites is 1. The fourth-order valence-corrected chi connectivity index (χ4v) is 4.68. The molecule has 0 spiro atoms. The first-order chi connectivity index (χ1) is 11.9. The Kier molecular flexibility index (Phi) is 5.06. The minimum Gasteiger partial charge on any atom is -0.370 e. The average molecular weight is 366 g/mol. The molecule has 2 aromatic carbocycles. The van der Waals surface area contributed by atoms with E-state index in [0.29, 0.717) is 13.0 Å². The van der Waals surface area contributed by atoms with Crippen LogP contribution in [-0.4, -0.2) is 38.9 Å². The van der Waals surface area contributed by atoms with Crippen LogP contribution in [0.5, 0.6) is 0 Å². The first-order valence-corrected chi connectivity index (χ1v) is 9.57. The van der Waals surface area contributed by atoms with Gasteiger partial charge in [-0.3, -0.25) is 0 Å². The van der Waals surface area contributed by atoms with Crippen molar-refractivity contribution in [2.75, 3.05) is 25.0 Å². The number of benzene rings is 2. The van der Waals surface area contributed by atoms with Crippen LogP contribution in [0.4, 0.5) is 14.5 Å². The third-order valence-corrected chi connectivity index (χ3v) is 6.55. The molecular formula is C18H20F2N2O2S. The number of sulfonamides is 1. The molecule has 1 aliphatic heterocycles. The second-order valence-corrected chi connectivity index (χ2v) is 8.08. The maximum Gasteiger partial charge on any atom is 0.248 e. The van der Waals surface area contributed by atoms with Crippen molar-refractivity contribution in [3.63, 3.8) is 0 Å². The molecule has 0 aromatic heterocycles. The van der Waals surface area contributed by atoms with Crippen LogP contribution in [0.25, 0.3) is 0 Å². The van der Waals surface area contributed by atoms with Gasteiger partial charge >= 0.3 is 0 Å². The highest BCUT2D eigenvalue weighted by molar-refractivity contribution is 7.89. The normalized spacial score (nSPS) is 18.6. The minimum absolute atomic E-state index is 0.349. The third-order valence-electron chi connectivity index (χ3n) is 4.59. The third kappa shape index (κ3) is 3.52. The molecule has 1 saturated heterocycles. The molecule has 134 valence electrons. The van der Waals surface area contributed by atoms with Gasteiger partial charge in [-0.2, -0.15) is 4.31 Å². The summed E-state index contributed by atoms with van der Waals surface area (Å²) in [4.78, 5) is 1.21. The summed E-state index contributed by atoms with van der Waals surface area (Å²) < 4.78 is 54.5. The van der Waals surface area contributed by atoms with Gasteiger partial charge in [0.25, 0.3) is 0 Å². The van der Waals surface area contributed by atoms with Gasteiger partial charge in [-0.05, 0) is 37.1 Å². The summed E-state index contributed by atoms with van der Waals surface area (Å²) >= 11 is 0. The Morgan fingerprint density at radius 1 is 1.04 bits per heavy atom. The Balaban J connectivity index is 1.86. The van der Waals surface area contributed by atoms with Crippen molar-refractivity contribution in [3.8, 4) is 0 Å². The van der Waals surface area contributed by atoms with Gasteiger partial charge in [0.15, 0.2) is 4.90 Å². The van der Waals surface area contributed by atoms with Crippen molar-refractivity contribution in [1.82, 2.24) is 4.31 Å². The van der Waals surface area contributed by atoms with E-state index in [1.807, 2.05) is 30.3 Å². The van der Waals surface area contributed by atoms with Gasteiger partial charge < -0.3 is 4.90 Å². The van der Waals surface area contributed by atoms with Crippen LogP contribution in [0.15, 0.2) is 53.4 Å². The second-order valence-electron chi connectivity index (χ2n) is 6.15. The van der Waals surface area contributed by atoms with Crippen LogP contribution in [-0.2, 0) is 10.0 Å². The predicted molar refractivity (Wildman–Crippen MR) is 93.0 cm³/mol. The lowest BCUT2D eigenvalue weighted by Crippen LogP contribution is -2.48. The molecule has 25 heavy (non-hydrogen) atoms. The highest BCUT2D eigenvalue weighted by Gasteiger charge is 2.35. The van der Waals surface area contributed by atoms with Crippen LogP contribution in [0.3, 0.4) is 0 Å². The topological polar surface area (TPSA) is 40.6 Å². The molecule has 4 nitrogen and oxygen atoms in total. The fraction of sp³-hybridized carbons (Fsp3) is 0.333. The SMILES string of the molecule is CN(C1CCCN(c2ccccc2)C1)S(=O)(=O)c1c(F)cccc1F. The minimum atomic E-state index is -4.25. The van der Waals surface area contributed by atoms with Crippen molar-refractivity contribution in [2.45, 2.75) is 23.8 Å².